The van der Waals surface area contributed by atoms with Gasteiger partial charge in [0.25, 0.3) is 6.43 Å². The molecular weight excluding hydrogens is 288 g/mol. The maximum atomic E-state index is 12.6. The summed E-state index contributed by atoms with van der Waals surface area (Å²) in [5.74, 6) is 2.01. The lowest BCUT2D eigenvalue weighted by Crippen LogP contribution is -2.41. The molecule has 0 aliphatic heterocycles. The molecule has 2 aliphatic rings. The highest BCUT2D eigenvalue weighted by Gasteiger charge is 2.42. The molecule has 122 valence electrons. The van der Waals surface area contributed by atoms with Gasteiger partial charge in [0.2, 0.25) is 5.91 Å². The third kappa shape index (κ3) is 3.01. The van der Waals surface area contributed by atoms with E-state index in [0.29, 0.717) is 11.6 Å². The van der Waals surface area contributed by atoms with Gasteiger partial charge in [0.15, 0.2) is 0 Å². The van der Waals surface area contributed by atoms with Crippen LogP contribution < -0.4 is 5.32 Å². The van der Waals surface area contributed by atoms with E-state index in [4.69, 9.17) is 0 Å². The maximum absolute atomic E-state index is 12.6. The van der Waals surface area contributed by atoms with Crippen molar-refractivity contribution in [3.05, 3.63) is 17.5 Å². The van der Waals surface area contributed by atoms with Crippen molar-refractivity contribution in [2.45, 2.75) is 58.5 Å². The predicted octanol–water partition coefficient (Wildman–Crippen LogP) is 3.07. The number of aryl methyl sites for hydroxylation is 1. The van der Waals surface area contributed by atoms with Crippen molar-refractivity contribution in [3.63, 3.8) is 0 Å². The van der Waals surface area contributed by atoms with E-state index in [0.717, 1.165) is 11.8 Å². The number of nitrogens with zero attached hydrogens (tertiary/aromatic N) is 2. The number of hydrogen-bond donors (Lipinski definition) is 1. The molecule has 4 atom stereocenters. The molecule has 2 saturated carbocycles. The highest BCUT2D eigenvalue weighted by atomic mass is 19.3. The van der Waals surface area contributed by atoms with Crippen LogP contribution in [0.25, 0.3) is 0 Å². The smallest absolute Gasteiger partial charge is 0.282 e. The normalized spacial score (nSPS) is 28.3. The number of rotatable bonds is 5. The van der Waals surface area contributed by atoms with Crippen LogP contribution >= 0.6 is 0 Å². The Bertz CT molecular complexity index is 558. The molecule has 2 bridgehead atoms. The number of carbonyl (C=O) groups excluding carboxylic acids is 1. The lowest BCUT2D eigenvalue weighted by molar-refractivity contribution is -0.123. The minimum Gasteiger partial charge on any atom is -0.352 e. The first-order valence-electron chi connectivity index (χ1n) is 8.06. The Balaban J connectivity index is 1.56. The van der Waals surface area contributed by atoms with Gasteiger partial charge in [-0.1, -0.05) is 6.42 Å². The zero-order valence-electron chi connectivity index (χ0n) is 13.1. The minimum atomic E-state index is -2.60. The number of hydrogen-bond acceptors (Lipinski definition) is 2. The number of aromatic nitrogens is 2. The number of halogens is 2. The van der Waals surface area contributed by atoms with Crippen molar-refractivity contribution < 1.29 is 13.6 Å². The fraction of sp³-hybridized carbons (Fsp3) is 0.750. The molecule has 6 heteroatoms. The number of fused-ring (bicyclic) bond motifs is 2. The number of amides is 1. The van der Waals surface area contributed by atoms with Crippen LogP contribution in [0, 0.1) is 24.7 Å². The second kappa shape index (κ2) is 5.97. The molecule has 0 radical (unpaired) electrons. The molecule has 2 fully saturated rings. The quantitative estimate of drug-likeness (QED) is 0.908. The van der Waals surface area contributed by atoms with Crippen LogP contribution in [0.2, 0.25) is 0 Å². The Hall–Kier alpha value is -1.46. The van der Waals surface area contributed by atoms with Gasteiger partial charge < -0.3 is 5.32 Å². The van der Waals surface area contributed by atoms with Crippen LogP contribution in [0.4, 0.5) is 8.78 Å². The van der Waals surface area contributed by atoms with Crippen LogP contribution in [0.5, 0.6) is 0 Å². The molecule has 1 amide bonds. The fourth-order valence-electron chi connectivity index (χ4n) is 4.25. The number of alkyl halides is 2. The summed E-state index contributed by atoms with van der Waals surface area (Å²) in [6, 6.07) is 1.48. The second-order valence-electron chi connectivity index (χ2n) is 6.86. The predicted molar refractivity (Wildman–Crippen MR) is 78.5 cm³/mol. The molecule has 22 heavy (non-hydrogen) atoms. The highest BCUT2D eigenvalue weighted by Crippen LogP contribution is 2.49. The Labute approximate surface area is 129 Å². The summed E-state index contributed by atoms with van der Waals surface area (Å²) >= 11 is 0. The van der Waals surface area contributed by atoms with Gasteiger partial charge >= 0.3 is 0 Å². The Kier molecular flexibility index (Phi) is 4.19. The van der Waals surface area contributed by atoms with Crippen LogP contribution in [0.15, 0.2) is 6.07 Å². The van der Waals surface area contributed by atoms with E-state index >= 15 is 0 Å². The van der Waals surface area contributed by atoms with E-state index in [-0.39, 0.29) is 24.2 Å². The summed E-state index contributed by atoms with van der Waals surface area (Å²) in [5.41, 5.74) is 0.310. The minimum absolute atomic E-state index is 0.00368. The van der Waals surface area contributed by atoms with Crippen molar-refractivity contribution in [2.75, 3.05) is 0 Å². The molecule has 1 N–H and O–H groups in total. The third-order valence-corrected chi connectivity index (χ3v) is 5.34. The SMILES string of the molecule is Cc1cc(C(F)F)nn1CC(=O)N[C@H](C)[C@@H]1C[C@@H]2CC[C@@H]1C2. The number of carbonyl (C=O) groups is 1. The first kappa shape index (κ1) is 15.4. The van der Waals surface area contributed by atoms with Crippen molar-refractivity contribution in [2.24, 2.45) is 17.8 Å². The summed E-state index contributed by atoms with van der Waals surface area (Å²) in [6.45, 7) is 3.75. The molecular formula is C16H23F2N3O. The van der Waals surface area contributed by atoms with Crippen molar-refractivity contribution in [1.82, 2.24) is 15.1 Å². The zero-order chi connectivity index (χ0) is 15.9. The van der Waals surface area contributed by atoms with Crippen LogP contribution in [-0.2, 0) is 11.3 Å². The highest BCUT2D eigenvalue weighted by molar-refractivity contribution is 5.76. The van der Waals surface area contributed by atoms with Gasteiger partial charge in [-0.05, 0) is 56.9 Å². The van der Waals surface area contributed by atoms with E-state index in [1.165, 1.54) is 36.4 Å². The summed E-state index contributed by atoms with van der Waals surface area (Å²) < 4.78 is 26.6. The molecule has 0 aromatic carbocycles. The molecule has 4 nitrogen and oxygen atoms in total. The maximum Gasteiger partial charge on any atom is 0.282 e. The Morgan fingerprint density at radius 1 is 1.45 bits per heavy atom. The summed E-state index contributed by atoms with van der Waals surface area (Å²) in [5, 5.41) is 6.83. The lowest BCUT2D eigenvalue weighted by atomic mass is 9.84. The topological polar surface area (TPSA) is 46.9 Å². The zero-order valence-corrected chi connectivity index (χ0v) is 13.1. The van der Waals surface area contributed by atoms with Crippen molar-refractivity contribution in [3.8, 4) is 0 Å². The molecule has 2 aliphatic carbocycles. The Morgan fingerprint density at radius 2 is 2.23 bits per heavy atom. The second-order valence-corrected chi connectivity index (χ2v) is 6.86. The molecule has 1 heterocycles. The van der Waals surface area contributed by atoms with Crippen molar-refractivity contribution >= 4 is 5.91 Å². The van der Waals surface area contributed by atoms with Gasteiger partial charge in [0, 0.05) is 11.7 Å². The first-order valence-corrected chi connectivity index (χ1v) is 8.06. The van der Waals surface area contributed by atoms with E-state index < -0.39 is 6.43 Å². The first-order chi connectivity index (χ1) is 10.4. The number of nitrogens with one attached hydrogen (secondary N) is 1. The summed E-state index contributed by atoms with van der Waals surface area (Å²) in [6.07, 6.45) is 2.54. The van der Waals surface area contributed by atoms with E-state index in [2.05, 4.69) is 17.3 Å². The van der Waals surface area contributed by atoms with Gasteiger partial charge in [-0.15, -0.1) is 0 Å². The monoisotopic (exact) mass is 311 g/mol. The molecule has 0 spiro atoms. The van der Waals surface area contributed by atoms with Gasteiger partial charge in [-0.25, -0.2) is 8.78 Å². The fourth-order valence-corrected chi connectivity index (χ4v) is 4.25. The molecule has 1 aromatic rings. The van der Waals surface area contributed by atoms with E-state index in [9.17, 15) is 13.6 Å². The molecule has 0 unspecified atom stereocenters. The largest absolute Gasteiger partial charge is 0.352 e. The van der Waals surface area contributed by atoms with Crippen LogP contribution in [0.1, 0.15) is 50.4 Å². The van der Waals surface area contributed by atoms with Gasteiger partial charge in [-0.2, -0.15) is 5.10 Å². The third-order valence-electron chi connectivity index (χ3n) is 5.34. The molecule has 3 rings (SSSR count). The molecule has 1 aromatic heterocycles. The van der Waals surface area contributed by atoms with E-state index in [1.807, 2.05) is 0 Å². The van der Waals surface area contributed by atoms with Gasteiger partial charge in [0.05, 0.1) is 0 Å². The molecule has 0 saturated heterocycles. The summed E-state index contributed by atoms with van der Waals surface area (Å²) in [4.78, 5) is 12.2. The van der Waals surface area contributed by atoms with E-state index in [1.54, 1.807) is 6.92 Å². The summed E-state index contributed by atoms with van der Waals surface area (Å²) in [7, 11) is 0. The van der Waals surface area contributed by atoms with Crippen LogP contribution in [0.3, 0.4) is 0 Å². The average Bonchev–Trinajstić information content (AvgIpc) is 3.14. The van der Waals surface area contributed by atoms with Crippen molar-refractivity contribution in [1.29, 1.82) is 0 Å². The Morgan fingerprint density at radius 3 is 2.77 bits per heavy atom. The van der Waals surface area contributed by atoms with Gasteiger partial charge in [0.1, 0.15) is 12.2 Å². The standard InChI is InChI=1S/C16H23F2N3O/c1-9-5-14(16(17)18)20-21(9)8-15(22)19-10(2)13-7-11-3-4-12(13)6-11/h5,10-13,16H,3-4,6-8H2,1-2H3,(H,19,22)/t10-,11-,12-,13+/m1/s1. The van der Waals surface area contributed by atoms with Gasteiger partial charge in [-0.3, -0.25) is 9.48 Å². The average molecular weight is 311 g/mol. The van der Waals surface area contributed by atoms with Crippen LogP contribution in [-0.4, -0.2) is 21.7 Å². The lowest BCUT2D eigenvalue weighted by Gasteiger charge is -2.28.